The van der Waals surface area contributed by atoms with Crippen LogP contribution in [-0.2, 0) is 0 Å². The van der Waals surface area contributed by atoms with Crippen LogP contribution in [0, 0.1) is 0 Å². The summed E-state index contributed by atoms with van der Waals surface area (Å²) < 4.78 is 1.15. The second-order valence-electron chi connectivity index (χ2n) is 3.47. The van der Waals surface area contributed by atoms with Crippen molar-refractivity contribution in [2.75, 3.05) is 11.9 Å². The fourth-order valence-corrected chi connectivity index (χ4v) is 1.80. The maximum Gasteiger partial charge on any atom is 0.0484 e. The van der Waals surface area contributed by atoms with Crippen LogP contribution in [0.25, 0.3) is 0 Å². The lowest BCUT2D eigenvalue weighted by atomic mass is 10.2. The molecule has 0 saturated carbocycles. The molecule has 0 unspecified atom stereocenters. The van der Waals surface area contributed by atoms with Crippen molar-refractivity contribution in [1.29, 1.82) is 0 Å². The van der Waals surface area contributed by atoms with Gasteiger partial charge in [0.1, 0.15) is 0 Å². The standard InChI is InChI=1S/C12H18BrN/c1-2-3-4-7-10-14-12-9-6-5-8-11(12)13/h5-6,8-9,14H,2-4,7,10H2,1H3. The van der Waals surface area contributed by atoms with Crippen molar-refractivity contribution >= 4 is 21.6 Å². The predicted octanol–water partition coefficient (Wildman–Crippen LogP) is 4.44. The van der Waals surface area contributed by atoms with Crippen LogP contribution in [0.2, 0.25) is 0 Å². The fraction of sp³-hybridized carbons (Fsp3) is 0.500. The second kappa shape index (κ2) is 6.88. The highest BCUT2D eigenvalue weighted by atomic mass is 79.9. The molecule has 0 aromatic heterocycles. The average Bonchev–Trinajstić information content (AvgIpc) is 2.20. The molecule has 0 fully saturated rings. The topological polar surface area (TPSA) is 12.0 Å². The summed E-state index contributed by atoms with van der Waals surface area (Å²) in [5.74, 6) is 0. The van der Waals surface area contributed by atoms with Crippen molar-refractivity contribution in [2.24, 2.45) is 0 Å². The molecule has 78 valence electrons. The molecule has 1 rings (SSSR count). The van der Waals surface area contributed by atoms with Gasteiger partial charge in [-0.3, -0.25) is 0 Å². The smallest absolute Gasteiger partial charge is 0.0484 e. The zero-order chi connectivity index (χ0) is 10.2. The molecule has 14 heavy (non-hydrogen) atoms. The van der Waals surface area contributed by atoms with Crippen molar-refractivity contribution in [1.82, 2.24) is 0 Å². The Morgan fingerprint density at radius 1 is 1.14 bits per heavy atom. The van der Waals surface area contributed by atoms with Crippen molar-refractivity contribution < 1.29 is 0 Å². The van der Waals surface area contributed by atoms with E-state index in [2.05, 4.69) is 46.4 Å². The van der Waals surface area contributed by atoms with Crippen LogP contribution in [0.5, 0.6) is 0 Å². The Bertz CT molecular complexity index is 260. The number of benzene rings is 1. The molecular formula is C12H18BrN. The molecule has 0 aliphatic carbocycles. The van der Waals surface area contributed by atoms with Gasteiger partial charge < -0.3 is 5.32 Å². The van der Waals surface area contributed by atoms with E-state index >= 15 is 0 Å². The van der Waals surface area contributed by atoms with Gasteiger partial charge in [0.25, 0.3) is 0 Å². The summed E-state index contributed by atoms with van der Waals surface area (Å²) in [5.41, 5.74) is 1.20. The number of hydrogen-bond acceptors (Lipinski definition) is 1. The van der Waals surface area contributed by atoms with Crippen LogP contribution in [0.4, 0.5) is 5.69 Å². The number of anilines is 1. The van der Waals surface area contributed by atoms with Gasteiger partial charge in [-0.25, -0.2) is 0 Å². The third kappa shape index (κ3) is 4.14. The van der Waals surface area contributed by atoms with Crippen molar-refractivity contribution in [3.63, 3.8) is 0 Å². The van der Waals surface area contributed by atoms with E-state index in [1.165, 1.54) is 31.4 Å². The molecule has 0 bridgehead atoms. The van der Waals surface area contributed by atoms with E-state index in [1.54, 1.807) is 0 Å². The number of rotatable bonds is 6. The maximum atomic E-state index is 3.52. The minimum Gasteiger partial charge on any atom is -0.384 e. The number of nitrogens with one attached hydrogen (secondary N) is 1. The monoisotopic (exact) mass is 255 g/mol. The lowest BCUT2D eigenvalue weighted by molar-refractivity contribution is 0.685. The molecule has 0 atom stereocenters. The van der Waals surface area contributed by atoms with Gasteiger partial charge in [0.05, 0.1) is 0 Å². The maximum absolute atomic E-state index is 3.52. The van der Waals surface area contributed by atoms with E-state index in [0.29, 0.717) is 0 Å². The lowest BCUT2D eigenvalue weighted by Gasteiger charge is -2.07. The van der Waals surface area contributed by atoms with Gasteiger partial charge in [0.2, 0.25) is 0 Å². The first-order chi connectivity index (χ1) is 6.84. The summed E-state index contributed by atoms with van der Waals surface area (Å²) in [6, 6.07) is 8.25. The molecule has 0 heterocycles. The van der Waals surface area contributed by atoms with Crippen molar-refractivity contribution in [3.8, 4) is 0 Å². The molecule has 0 saturated heterocycles. The molecule has 1 nitrogen and oxygen atoms in total. The van der Waals surface area contributed by atoms with Crippen LogP contribution >= 0.6 is 15.9 Å². The fourth-order valence-electron chi connectivity index (χ4n) is 1.38. The third-order valence-corrected chi connectivity index (χ3v) is 2.91. The van der Waals surface area contributed by atoms with E-state index < -0.39 is 0 Å². The van der Waals surface area contributed by atoms with Gasteiger partial charge in [-0.1, -0.05) is 38.3 Å². The molecule has 0 spiro atoms. The van der Waals surface area contributed by atoms with E-state index in [4.69, 9.17) is 0 Å². The summed E-state index contributed by atoms with van der Waals surface area (Å²) in [6.45, 7) is 3.31. The summed E-state index contributed by atoms with van der Waals surface area (Å²) >= 11 is 3.52. The average molecular weight is 256 g/mol. The second-order valence-corrected chi connectivity index (χ2v) is 4.32. The molecule has 0 amide bonds. The van der Waals surface area contributed by atoms with Crippen LogP contribution in [0.15, 0.2) is 28.7 Å². The van der Waals surface area contributed by atoms with Crippen molar-refractivity contribution in [2.45, 2.75) is 32.6 Å². The number of unbranched alkanes of at least 4 members (excludes halogenated alkanes) is 3. The minimum atomic E-state index is 1.07. The molecule has 0 radical (unpaired) electrons. The van der Waals surface area contributed by atoms with E-state index in [9.17, 15) is 0 Å². The zero-order valence-corrected chi connectivity index (χ0v) is 10.3. The Kier molecular flexibility index (Phi) is 5.69. The first-order valence-corrected chi connectivity index (χ1v) is 6.12. The molecule has 0 aliphatic heterocycles. The summed E-state index contributed by atoms with van der Waals surface area (Å²) in [6.07, 6.45) is 5.23. The SMILES string of the molecule is CCCCCCNc1ccccc1Br. The van der Waals surface area contributed by atoms with Gasteiger partial charge in [0.15, 0.2) is 0 Å². The molecule has 1 N–H and O–H groups in total. The number of hydrogen-bond donors (Lipinski definition) is 1. The van der Waals surface area contributed by atoms with Crippen LogP contribution in [0.3, 0.4) is 0 Å². The van der Waals surface area contributed by atoms with Gasteiger partial charge in [-0.2, -0.15) is 0 Å². The number of para-hydroxylation sites is 1. The minimum absolute atomic E-state index is 1.07. The van der Waals surface area contributed by atoms with Gasteiger partial charge >= 0.3 is 0 Å². The normalized spacial score (nSPS) is 10.1. The van der Waals surface area contributed by atoms with Crippen LogP contribution in [0.1, 0.15) is 32.6 Å². The quantitative estimate of drug-likeness (QED) is 0.742. The van der Waals surface area contributed by atoms with Gasteiger partial charge in [0, 0.05) is 16.7 Å². The molecule has 2 heteroatoms. The summed E-state index contributed by atoms with van der Waals surface area (Å²) in [7, 11) is 0. The Labute approximate surface area is 95.0 Å². The summed E-state index contributed by atoms with van der Waals surface area (Å²) in [4.78, 5) is 0. The highest BCUT2D eigenvalue weighted by Gasteiger charge is 1.95. The van der Waals surface area contributed by atoms with Gasteiger partial charge in [-0.05, 0) is 34.5 Å². The van der Waals surface area contributed by atoms with E-state index in [0.717, 1.165) is 11.0 Å². The number of halogens is 1. The molecule has 1 aromatic carbocycles. The highest BCUT2D eigenvalue weighted by Crippen LogP contribution is 2.20. The Morgan fingerprint density at radius 2 is 1.93 bits per heavy atom. The van der Waals surface area contributed by atoms with Gasteiger partial charge in [-0.15, -0.1) is 0 Å². The molecule has 1 aromatic rings. The Morgan fingerprint density at radius 3 is 2.64 bits per heavy atom. The Balaban J connectivity index is 2.21. The highest BCUT2D eigenvalue weighted by molar-refractivity contribution is 9.10. The van der Waals surface area contributed by atoms with Crippen LogP contribution in [-0.4, -0.2) is 6.54 Å². The summed E-state index contributed by atoms with van der Waals surface area (Å²) in [5, 5.41) is 3.42. The molecule has 0 aliphatic rings. The van der Waals surface area contributed by atoms with E-state index in [-0.39, 0.29) is 0 Å². The van der Waals surface area contributed by atoms with Crippen molar-refractivity contribution in [3.05, 3.63) is 28.7 Å². The predicted molar refractivity (Wildman–Crippen MR) is 66.8 cm³/mol. The van der Waals surface area contributed by atoms with E-state index in [1.807, 2.05) is 6.07 Å². The Hall–Kier alpha value is -0.500. The first kappa shape index (κ1) is 11.6. The first-order valence-electron chi connectivity index (χ1n) is 5.33. The zero-order valence-electron chi connectivity index (χ0n) is 8.72. The third-order valence-electron chi connectivity index (χ3n) is 2.22. The lowest BCUT2D eigenvalue weighted by Crippen LogP contribution is -2.01. The largest absolute Gasteiger partial charge is 0.384 e. The van der Waals surface area contributed by atoms with Crippen LogP contribution < -0.4 is 5.32 Å². The molecular weight excluding hydrogens is 238 g/mol.